The zero-order chi connectivity index (χ0) is 28.1. The summed E-state index contributed by atoms with van der Waals surface area (Å²) in [7, 11) is 0. The minimum atomic E-state index is -1.12. The Morgan fingerprint density at radius 1 is 1.07 bits per heavy atom. The lowest BCUT2D eigenvalue weighted by molar-refractivity contribution is -0.118. The van der Waals surface area contributed by atoms with Crippen LogP contribution in [0.5, 0.6) is 5.75 Å². The van der Waals surface area contributed by atoms with Crippen molar-refractivity contribution in [2.24, 2.45) is 0 Å². The van der Waals surface area contributed by atoms with Crippen LogP contribution in [0.1, 0.15) is 41.5 Å². The second-order valence-electron chi connectivity index (χ2n) is 9.88. The summed E-state index contributed by atoms with van der Waals surface area (Å²) in [5, 5.41) is 24.4. The van der Waals surface area contributed by atoms with Crippen LogP contribution >= 0.6 is 0 Å². The lowest BCUT2D eigenvalue weighted by atomic mass is 9.95. The van der Waals surface area contributed by atoms with E-state index in [1.165, 1.54) is 10.4 Å². The number of aryl methyl sites for hydroxylation is 1. The Hall–Kier alpha value is -4.73. The van der Waals surface area contributed by atoms with Gasteiger partial charge >= 0.3 is 6.09 Å². The van der Waals surface area contributed by atoms with Gasteiger partial charge in [0.15, 0.2) is 0 Å². The molecule has 0 atom stereocenters. The molecule has 0 unspecified atom stereocenters. The highest BCUT2D eigenvalue weighted by Crippen LogP contribution is 2.34. The van der Waals surface area contributed by atoms with E-state index in [-0.39, 0.29) is 5.91 Å². The van der Waals surface area contributed by atoms with E-state index in [4.69, 9.17) is 9.84 Å². The third kappa shape index (κ3) is 6.12. The van der Waals surface area contributed by atoms with Crippen LogP contribution in [0.15, 0.2) is 60.7 Å². The summed E-state index contributed by atoms with van der Waals surface area (Å²) in [6.07, 6.45) is 1.59. The molecule has 206 valence electrons. The van der Waals surface area contributed by atoms with Crippen LogP contribution in [0, 0.1) is 13.8 Å². The zero-order valence-corrected chi connectivity index (χ0v) is 22.6. The van der Waals surface area contributed by atoms with E-state index in [0.29, 0.717) is 44.0 Å². The molecule has 1 aliphatic heterocycles. The summed E-state index contributed by atoms with van der Waals surface area (Å²) in [6, 6.07) is 18.9. The summed E-state index contributed by atoms with van der Waals surface area (Å²) >= 11 is 0. The van der Waals surface area contributed by atoms with Gasteiger partial charge < -0.3 is 14.7 Å². The van der Waals surface area contributed by atoms with Gasteiger partial charge in [-0.1, -0.05) is 36.4 Å². The molecule has 0 aliphatic carbocycles. The Kier molecular flexibility index (Phi) is 8.04. The number of ether oxygens (including phenoxy) is 1. The molecule has 0 spiro atoms. The lowest BCUT2D eigenvalue weighted by Crippen LogP contribution is -2.35. The second-order valence-corrected chi connectivity index (χ2v) is 9.88. The van der Waals surface area contributed by atoms with Crippen molar-refractivity contribution in [2.75, 3.05) is 23.4 Å². The molecule has 2 heterocycles. The summed E-state index contributed by atoms with van der Waals surface area (Å²) in [4.78, 5) is 27.5. The van der Waals surface area contributed by atoms with Gasteiger partial charge in [-0.15, -0.1) is 10.2 Å². The number of aromatic nitrogens is 4. The fourth-order valence-electron chi connectivity index (χ4n) is 4.97. The summed E-state index contributed by atoms with van der Waals surface area (Å²) < 4.78 is 5.94. The predicted molar refractivity (Wildman–Crippen MR) is 152 cm³/mol. The van der Waals surface area contributed by atoms with E-state index in [9.17, 15) is 9.59 Å². The molecule has 3 aromatic carbocycles. The fraction of sp³-hybridized carbons (Fsp3) is 0.300. The number of nitrogens with zero attached hydrogens (tertiary/aromatic N) is 5. The zero-order valence-electron chi connectivity index (χ0n) is 22.6. The number of rotatable bonds is 9. The maximum Gasteiger partial charge on any atom is 0.409 e. The first kappa shape index (κ1) is 26.9. The number of tetrazole rings is 1. The van der Waals surface area contributed by atoms with Crippen LogP contribution in [-0.4, -0.2) is 50.5 Å². The number of benzene rings is 3. The van der Waals surface area contributed by atoms with Gasteiger partial charge in [0.1, 0.15) is 5.75 Å². The van der Waals surface area contributed by atoms with Crippen molar-refractivity contribution in [3.05, 3.63) is 82.9 Å². The van der Waals surface area contributed by atoms with Crippen molar-refractivity contribution in [2.45, 2.75) is 46.1 Å². The highest BCUT2D eigenvalue weighted by molar-refractivity contribution is 5.95. The lowest BCUT2D eigenvalue weighted by Gasteiger charge is -2.30. The van der Waals surface area contributed by atoms with E-state index in [2.05, 4.69) is 33.7 Å². The van der Waals surface area contributed by atoms with Gasteiger partial charge in [0, 0.05) is 29.9 Å². The Morgan fingerprint density at radius 3 is 2.75 bits per heavy atom. The molecule has 40 heavy (non-hydrogen) atoms. The van der Waals surface area contributed by atoms with Gasteiger partial charge in [-0.05, 0) is 84.8 Å². The van der Waals surface area contributed by atoms with Crippen LogP contribution in [0.25, 0.3) is 11.4 Å². The van der Waals surface area contributed by atoms with Gasteiger partial charge in [0.05, 0.1) is 13.2 Å². The van der Waals surface area contributed by atoms with E-state index >= 15 is 0 Å². The summed E-state index contributed by atoms with van der Waals surface area (Å²) in [6.45, 7) is 5.60. The third-order valence-electron chi connectivity index (χ3n) is 7.10. The molecule has 5 rings (SSSR count). The van der Waals surface area contributed by atoms with Crippen LogP contribution in [0.3, 0.4) is 0 Å². The number of amides is 2. The number of nitrogens with one attached hydrogen (secondary N) is 1. The molecule has 1 aliphatic rings. The molecule has 4 aromatic rings. The minimum Gasteiger partial charge on any atom is -0.493 e. The molecule has 0 saturated heterocycles. The fourth-order valence-corrected chi connectivity index (χ4v) is 4.97. The molecule has 2 amide bonds. The monoisotopic (exact) mass is 540 g/mol. The molecule has 0 bridgehead atoms. The van der Waals surface area contributed by atoms with E-state index in [1.54, 1.807) is 18.2 Å². The Labute approximate surface area is 232 Å². The number of carboxylic acid groups (broad SMARTS) is 1. The number of hydrogen-bond donors (Lipinski definition) is 2. The van der Waals surface area contributed by atoms with Gasteiger partial charge in [-0.2, -0.15) is 4.80 Å². The molecule has 0 fully saturated rings. The van der Waals surface area contributed by atoms with Gasteiger partial charge in [0.2, 0.25) is 11.7 Å². The standard InChI is InChI=1S/C30H32N6O4/c1-20-8-3-14-27(21(20)2)40-17-7-15-28(37)35-16-6-12-24-25(11-5-13-26(24)35)29-32-34-36(33-29)19-22-9-4-10-23(18-22)31-30(38)39/h3-5,8-11,13-14,18,31H,6-7,12,15-17,19H2,1-2H3,(H,38,39). The summed E-state index contributed by atoms with van der Waals surface area (Å²) in [5.41, 5.74) is 6.43. The quantitative estimate of drug-likeness (QED) is 0.279. The van der Waals surface area contributed by atoms with Crippen molar-refractivity contribution in [1.82, 2.24) is 20.2 Å². The first-order valence-corrected chi connectivity index (χ1v) is 13.4. The van der Waals surface area contributed by atoms with Gasteiger partial charge in [-0.3, -0.25) is 10.1 Å². The van der Waals surface area contributed by atoms with Crippen LogP contribution in [0.2, 0.25) is 0 Å². The number of carbonyl (C=O) groups excluding carboxylic acids is 1. The van der Waals surface area contributed by atoms with Gasteiger partial charge in [-0.25, -0.2) is 4.79 Å². The SMILES string of the molecule is Cc1cccc(OCCCC(=O)N2CCCc3c(-c4nnn(Cc5cccc(NC(=O)O)c5)n4)cccc32)c1C. The maximum absolute atomic E-state index is 13.2. The van der Waals surface area contributed by atoms with E-state index in [0.717, 1.165) is 46.5 Å². The molecule has 0 radical (unpaired) electrons. The van der Waals surface area contributed by atoms with E-state index in [1.807, 2.05) is 48.2 Å². The number of hydrogen-bond acceptors (Lipinski definition) is 6. The first-order chi connectivity index (χ1) is 19.4. The normalized spacial score (nSPS) is 12.6. The highest BCUT2D eigenvalue weighted by Gasteiger charge is 2.25. The number of fused-ring (bicyclic) bond motifs is 1. The van der Waals surface area contributed by atoms with Crippen LogP contribution in [-0.2, 0) is 17.8 Å². The minimum absolute atomic E-state index is 0.0779. The Bertz CT molecular complexity index is 1530. The molecule has 0 saturated carbocycles. The largest absolute Gasteiger partial charge is 0.493 e. The van der Waals surface area contributed by atoms with Crippen molar-refractivity contribution in [3.8, 4) is 17.1 Å². The van der Waals surface area contributed by atoms with E-state index < -0.39 is 6.09 Å². The molecule has 1 aromatic heterocycles. The van der Waals surface area contributed by atoms with Crippen molar-refractivity contribution < 1.29 is 19.4 Å². The first-order valence-electron chi connectivity index (χ1n) is 13.4. The maximum atomic E-state index is 13.2. The smallest absolute Gasteiger partial charge is 0.409 e. The van der Waals surface area contributed by atoms with Crippen molar-refractivity contribution >= 4 is 23.4 Å². The number of carbonyl (C=O) groups is 2. The third-order valence-corrected chi connectivity index (χ3v) is 7.10. The average Bonchev–Trinajstić information content (AvgIpc) is 3.40. The Morgan fingerprint density at radius 2 is 1.90 bits per heavy atom. The molecular weight excluding hydrogens is 508 g/mol. The van der Waals surface area contributed by atoms with Crippen molar-refractivity contribution in [3.63, 3.8) is 0 Å². The molecule has 10 nitrogen and oxygen atoms in total. The predicted octanol–water partition coefficient (Wildman–Crippen LogP) is 5.23. The number of anilines is 2. The van der Waals surface area contributed by atoms with Crippen molar-refractivity contribution in [1.29, 1.82) is 0 Å². The average molecular weight is 541 g/mol. The Balaban J connectivity index is 1.25. The summed E-state index contributed by atoms with van der Waals surface area (Å²) in [5.74, 6) is 1.44. The van der Waals surface area contributed by atoms with Crippen LogP contribution < -0.4 is 15.0 Å². The molecule has 2 N–H and O–H groups in total. The topological polar surface area (TPSA) is 122 Å². The second kappa shape index (κ2) is 12.0. The molecule has 10 heteroatoms. The van der Waals surface area contributed by atoms with Crippen LogP contribution in [0.4, 0.5) is 16.2 Å². The van der Waals surface area contributed by atoms with Gasteiger partial charge in [0.25, 0.3) is 0 Å². The molecular formula is C30H32N6O4. The highest BCUT2D eigenvalue weighted by atomic mass is 16.5.